The fourth-order valence-electron chi connectivity index (χ4n) is 12.3. The van der Waals surface area contributed by atoms with Gasteiger partial charge < -0.3 is 33.8 Å². The lowest BCUT2D eigenvalue weighted by Gasteiger charge is -2.21. The van der Waals surface area contributed by atoms with Gasteiger partial charge in [0.15, 0.2) is 12.2 Å². The lowest BCUT2D eigenvalue weighted by Crippen LogP contribution is -2.30. The number of hydrogen-bond acceptors (Lipinski definition) is 15. The highest BCUT2D eigenvalue weighted by atomic mass is 31.2. The molecule has 0 aromatic rings. The van der Waals surface area contributed by atoms with Gasteiger partial charge in [0.2, 0.25) is 0 Å². The van der Waals surface area contributed by atoms with Crippen LogP contribution in [0.1, 0.15) is 408 Å². The summed E-state index contributed by atoms with van der Waals surface area (Å²) in [7, 11) is -9.93. The quantitative estimate of drug-likeness (QED) is 0.0169. The molecule has 0 radical (unpaired) electrons. The SMILES string of the molecule is CCCCCC/C=C\C=C/CCCCCCCC(=O)O[C@H](COC(=O)CCCCCCCCCCCCCCCCC(C)C)COP(=O)(O)OCC(O)COP(=O)(O)OC[C@@H](COC(=O)CCCCCCCCC(C)C)OC(=O)CCCCCCCCCCCCCCCCCCCCC(C)C. The van der Waals surface area contributed by atoms with E-state index in [9.17, 15) is 43.2 Å². The van der Waals surface area contributed by atoms with Crippen molar-refractivity contribution in [3.05, 3.63) is 24.3 Å². The Bertz CT molecular complexity index is 2070. The second-order valence-corrected chi connectivity index (χ2v) is 33.5. The monoisotopic (exact) mass is 1490 g/mol. The maximum atomic E-state index is 13.1. The first-order valence-corrected chi connectivity index (χ1v) is 45.2. The van der Waals surface area contributed by atoms with Crippen LogP contribution in [0.15, 0.2) is 24.3 Å². The number of aliphatic hydroxyl groups is 1. The van der Waals surface area contributed by atoms with Gasteiger partial charge in [-0.1, -0.05) is 355 Å². The number of phosphoric ester groups is 2. The molecule has 0 aliphatic carbocycles. The Kier molecular flexibility index (Phi) is 71.0. The zero-order chi connectivity index (χ0) is 75.1. The summed E-state index contributed by atoms with van der Waals surface area (Å²) >= 11 is 0. The third-order valence-electron chi connectivity index (χ3n) is 18.8. The van der Waals surface area contributed by atoms with Gasteiger partial charge in [-0.3, -0.25) is 37.3 Å². The minimum absolute atomic E-state index is 0.0851. The molecule has 102 heavy (non-hydrogen) atoms. The fourth-order valence-corrected chi connectivity index (χ4v) is 13.9. The van der Waals surface area contributed by atoms with Gasteiger partial charge in [-0.2, -0.15) is 0 Å². The molecule has 0 saturated carbocycles. The van der Waals surface area contributed by atoms with Crippen molar-refractivity contribution in [3.8, 4) is 0 Å². The first-order valence-electron chi connectivity index (χ1n) is 42.2. The number of unbranched alkanes of at least 4 members (excludes halogenated alkanes) is 44. The predicted octanol–water partition coefficient (Wildman–Crippen LogP) is 24.5. The summed E-state index contributed by atoms with van der Waals surface area (Å²) in [5.41, 5.74) is 0. The van der Waals surface area contributed by atoms with Crippen molar-refractivity contribution in [1.29, 1.82) is 0 Å². The molecule has 19 heteroatoms. The van der Waals surface area contributed by atoms with E-state index < -0.39 is 97.5 Å². The van der Waals surface area contributed by atoms with E-state index in [0.717, 1.165) is 121 Å². The molecule has 0 spiro atoms. The summed E-state index contributed by atoms with van der Waals surface area (Å²) in [6.45, 7) is 11.9. The molecule has 0 heterocycles. The summed E-state index contributed by atoms with van der Waals surface area (Å²) in [5.74, 6) is 0.152. The maximum Gasteiger partial charge on any atom is 0.472 e. The average molecular weight is 1490 g/mol. The van der Waals surface area contributed by atoms with E-state index in [0.29, 0.717) is 31.6 Å². The van der Waals surface area contributed by atoms with Gasteiger partial charge in [-0.15, -0.1) is 0 Å². The fraction of sp³-hybridized carbons (Fsp3) is 0.904. The molecule has 0 fully saturated rings. The second kappa shape index (κ2) is 72.7. The lowest BCUT2D eigenvalue weighted by atomic mass is 10.0. The van der Waals surface area contributed by atoms with E-state index in [1.54, 1.807) is 0 Å². The largest absolute Gasteiger partial charge is 0.472 e. The third kappa shape index (κ3) is 75.8. The summed E-state index contributed by atoms with van der Waals surface area (Å²) in [4.78, 5) is 73.0. The van der Waals surface area contributed by atoms with Gasteiger partial charge >= 0.3 is 39.5 Å². The number of ether oxygens (including phenoxy) is 4. The number of carbonyl (C=O) groups is 4. The van der Waals surface area contributed by atoms with Crippen LogP contribution in [0.5, 0.6) is 0 Å². The molecular formula is C83H158O17P2. The molecule has 0 aromatic heterocycles. The number of carbonyl (C=O) groups excluding carboxylic acids is 4. The van der Waals surface area contributed by atoms with E-state index in [1.165, 1.54) is 199 Å². The molecule has 0 aromatic carbocycles. The molecule has 0 rings (SSSR count). The van der Waals surface area contributed by atoms with Crippen LogP contribution in [0.25, 0.3) is 0 Å². The molecule has 5 atom stereocenters. The Morgan fingerprint density at radius 1 is 0.304 bits per heavy atom. The van der Waals surface area contributed by atoms with Crippen LogP contribution in [0.2, 0.25) is 0 Å². The Morgan fingerprint density at radius 2 is 0.529 bits per heavy atom. The predicted molar refractivity (Wildman–Crippen MR) is 418 cm³/mol. The Morgan fingerprint density at radius 3 is 0.794 bits per heavy atom. The molecule has 17 nitrogen and oxygen atoms in total. The summed E-state index contributed by atoms with van der Waals surface area (Å²) < 4.78 is 68.7. The number of rotatable bonds is 79. The van der Waals surface area contributed by atoms with Crippen LogP contribution in [0.3, 0.4) is 0 Å². The zero-order valence-electron chi connectivity index (χ0n) is 66.6. The molecule has 0 aliphatic rings. The van der Waals surface area contributed by atoms with Crippen LogP contribution in [-0.2, 0) is 65.4 Å². The van der Waals surface area contributed by atoms with E-state index in [-0.39, 0.29) is 25.7 Å². The number of phosphoric acid groups is 2. The van der Waals surface area contributed by atoms with Gasteiger partial charge in [0, 0.05) is 25.7 Å². The van der Waals surface area contributed by atoms with Crippen LogP contribution in [0, 0.1) is 17.8 Å². The van der Waals surface area contributed by atoms with Crippen molar-refractivity contribution in [2.45, 2.75) is 426 Å². The van der Waals surface area contributed by atoms with Crippen molar-refractivity contribution in [1.82, 2.24) is 0 Å². The summed E-state index contributed by atoms with van der Waals surface area (Å²) in [6.07, 6.45) is 64.9. The van der Waals surface area contributed by atoms with Crippen LogP contribution in [0.4, 0.5) is 0 Å². The first-order chi connectivity index (χ1) is 49.2. The standard InChI is InChI=1S/C83H158O17P2/c1-8-9-10-11-12-13-14-15-20-28-33-38-43-52-59-66-82(87)99-78(70-93-80(85)64-57-50-42-37-32-27-24-23-26-31-36-41-48-55-62-75(4)5)72-97-101(89,90)95-68-77(84)69-96-102(91,92)98-73-79(71-94-81(86)65-58-51-46-45-49-56-63-76(6)7)100-83(88)67-60-53-44-39-34-29-22-19-17-16-18-21-25-30-35-40-47-54-61-74(2)3/h13-15,20,74-79,84H,8-12,16-19,21-73H2,1-7H3,(H,89,90)(H,91,92)/b14-13-,20-15-/t77?,78-,79-/m1/s1. The normalized spacial score (nSPS) is 14.1. The smallest absolute Gasteiger partial charge is 0.462 e. The Balaban J connectivity index is 5.22. The number of allylic oxidation sites excluding steroid dienone is 4. The lowest BCUT2D eigenvalue weighted by molar-refractivity contribution is -0.161. The van der Waals surface area contributed by atoms with Crippen LogP contribution >= 0.6 is 15.6 Å². The van der Waals surface area contributed by atoms with Gasteiger partial charge in [0.05, 0.1) is 26.4 Å². The van der Waals surface area contributed by atoms with Gasteiger partial charge in [-0.05, 0) is 69.1 Å². The van der Waals surface area contributed by atoms with Crippen molar-refractivity contribution >= 4 is 39.5 Å². The van der Waals surface area contributed by atoms with Crippen LogP contribution in [-0.4, -0.2) is 96.7 Å². The van der Waals surface area contributed by atoms with Crippen LogP contribution < -0.4 is 0 Å². The molecule has 0 bridgehead atoms. The van der Waals surface area contributed by atoms with E-state index in [1.807, 2.05) is 0 Å². The van der Waals surface area contributed by atoms with E-state index >= 15 is 0 Å². The average Bonchev–Trinajstić information content (AvgIpc) is 0.907. The minimum Gasteiger partial charge on any atom is -0.462 e. The summed E-state index contributed by atoms with van der Waals surface area (Å²) in [6, 6.07) is 0. The molecule has 0 saturated heterocycles. The highest BCUT2D eigenvalue weighted by Gasteiger charge is 2.30. The van der Waals surface area contributed by atoms with E-state index in [2.05, 4.69) is 72.8 Å². The molecule has 0 aliphatic heterocycles. The van der Waals surface area contributed by atoms with Crippen molar-refractivity contribution < 1.29 is 80.2 Å². The molecule has 3 unspecified atom stereocenters. The molecule has 3 N–H and O–H groups in total. The first kappa shape index (κ1) is 99.5. The highest BCUT2D eigenvalue weighted by molar-refractivity contribution is 7.47. The second-order valence-electron chi connectivity index (χ2n) is 30.6. The molecule has 602 valence electrons. The third-order valence-corrected chi connectivity index (χ3v) is 20.7. The number of hydrogen-bond donors (Lipinski definition) is 3. The van der Waals surface area contributed by atoms with Gasteiger partial charge in [-0.25, -0.2) is 9.13 Å². The van der Waals surface area contributed by atoms with Crippen molar-refractivity contribution in [2.75, 3.05) is 39.6 Å². The molecular weight excluding hydrogens is 1330 g/mol. The number of aliphatic hydroxyl groups excluding tert-OH is 1. The van der Waals surface area contributed by atoms with Gasteiger partial charge in [0.1, 0.15) is 19.3 Å². The number of esters is 4. The van der Waals surface area contributed by atoms with Crippen molar-refractivity contribution in [2.24, 2.45) is 17.8 Å². The van der Waals surface area contributed by atoms with E-state index in [4.69, 9.17) is 37.0 Å². The Hall–Kier alpha value is -2.46. The van der Waals surface area contributed by atoms with Crippen molar-refractivity contribution in [3.63, 3.8) is 0 Å². The zero-order valence-corrected chi connectivity index (χ0v) is 68.4. The highest BCUT2D eigenvalue weighted by Crippen LogP contribution is 2.45. The van der Waals surface area contributed by atoms with Gasteiger partial charge in [0.25, 0.3) is 0 Å². The Labute approximate surface area is 624 Å². The minimum atomic E-state index is -4.97. The maximum absolute atomic E-state index is 13.1. The summed E-state index contributed by atoms with van der Waals surface area (Å²) in [5, 5.41) is 10.6. The topological polar surface area (TPSA) is 237 Å². The molecule has 0 amide bonds.